The van der Waals surface area contributed by atoms with E-state index in [0.29, 0.717) is 6.07 Å². The predicted octanol–water partition coefficient (Wildman–Crippen LogP) is 1.92. The minimum Gasteiger partial charge on any atom is -0.329 e. The first-order chi connectivity index (χ1) is 9.11. The Morgan fingerprint density at radius 1 is 1.25 bits per heavy atom. The summed E-state index contributed by atoms with van der Waals surface area (Å²) in [7, 11) is 0.761. The Hall–Kier alpha value is -2.19. The zero-order chi connectivity index (χ0) is 15.5. The van der Waals surface area contributed by atoms with Gasteiger partial charge in [0.25, 0.3) is 0 Å². The molecule has 0 unspecified atom stereocenters. The lowest BCUT2D eigenvalue weighted by molar-refractivity contribution is -0.184. The molecule has 1 aromatic carbocycles. The highest BCUT2D eigenvalue weighted by Gasteiger charge is 2.41. The molecule has 1 rings (SSSR count). The van der Waals surface area contributed by atoms with Gasteiger partial charge in [-0.1, -0.05) is 0 Å². The fourth-order valence-corrected chi connectivity index (χ4v) is 1.29. The summed E-state index contributed by atoms with van der Waals surface area (Å²) in [5, 5.41) is 1.87. The number of amides is 2. The lowest BCUT2D eigenvalue weighted by Crippen LogP contribution is -2.42. The quantitative estimate of drug-likeness (QED) is 0.866. The minimum atomic E-state index is -5.11. The molecule has 4 nitrogen and oxygen atoms in total. The van der Waals surface area contributed by atoms with E-state index in [0.717, 1.165) is 19.2 Å². The number of benzene rings is 1. The Kier molecular flexibility index (Phi) is 4.64. The van der Waals surface area contributed by atoms with Crippen molar-refractivity contribution in [2.75, 3.05) is 18.9 Å². The molecule has 0 bridgehead atoms. The van der Waals surface area contributed by atoms with Crippen molar-refractivity contribution < 1.29 is 31.5 Å². The van der Waals surface area contributed by atoms with Crippen molar-refractivity contribution in [3.05, 3.63) is 29.8 Å². The van der Waals surface area contributed by atoms with Crippen LogP contribution in [-0.4, -0.2) is 36.5 Å². The molecule has 0 radical (unpaired) electrons. The van der Waals surface area contributed by atoms with Crippen LogP contribution in [0.2, 0.25) is 0 Å². The average molecular weight is 296 g/mol. The molecule has 1 aromatic rings. The summed E-state index contributed by atoms with van der Waals surface area (Å²) in [6, 6.07) is 2.22. The molecule has 0 heterocycles. The van der Waals surface area contributed by atoms with Gasteiger partial charge in [-0.05, 0) is 12.1 Å². The maximum Gasteiger partial charge on any atom is 0.471 e. The van der Waals surface area contributed by atoms with Crippen LogP contribution in [0.15, 0.2) is 18.2 Å². The molecule has 0 aliphatic rings. The number of halogens is 5. The molecule has 0 spiro atoms. The number of hydrogen-bond donors (Lipinski definition) is 1. The summed E-state index contributed by atoms with van der Waals surface area (Å²) in [5.41, 5.74) is -0.525. The molecule has 20 heavy (non-hydrogen) atoms. The van der Waals surface area contributed by atoms with Crippen LogP contribution in [0.25, 0.3) is 0 Å². The molecular formula is C11H9F5N2O2. The highest BCUT2D eigenvalue weighted by Crippen LogP contribution is 2.18. The molecule has 0 aliphatic carbocycles. The van der Waals surface area contributed by atoms with Crippen molar-refractivity contribution in [1.29, 1.82) is 0 Å². The number of anilines is 1. The van der Waals surface area contributed by atoms with Gasteiger partial charge in [0.05, 0.1) is 12.2 Å². The van der Waals surface area contributed by atoms with Gasteiger partial charge < -0.3 is 10.2 Å². The van der Waals surface area contributed by atoms with Crippen molar-refractivity contribution >= 4 is 17.5 Å². The van der Waals surface area contributed by atoms with E-state index in [9.17, 15) is 31.5 Å². The second kappa shape index (κ2) is 5.85. The van der Waals surface area contributed by atoms with Crippen molar-refractivity contribution in [3.63, 3.8) is 0 Å². The third kappa shape index (κ3) is 4.18. The molecule has 0 aliphatic heterocycles. The van der Waals surface area contributed by atoms with E-state index in [1.807, 2.05) is 5.32 Å². The van der Waals surface area contributed by atoms with Gasteiger partial charge in [-0.25, -0.2) is 8.78 Å². The molecule has 1 N–H and O–H groups in total. The van der Waals surface area contributed by atoms with Crippen LogP contribution >= 0.6 is 0 Å². The van der Waals surface area contributed by atoms with Crippen LogP contribution in [0.1, 0.15) is 0 Å². The molecular weight excluding hydrogens is 287 g/mol. The molecule has 2 amide bonds. The first kappa shape index (κ1) is 15.9. The fourth-order valence-electron chi connectivity index (χ4n) is 1.29. The smallest absolute Gasteiger partial charge is 0.329 e. The Bertz CT molecular complexity index is 530. The molecule has 0 saturated heterocycles. The van der Waals surface area contributed by atoms with Gasteiger partial charge in [-0.3, -0.25) is 9.59 Å². The predicted molar refractivity (Wildman–Crippen MR) is 58.7 cm³/mol. The van der Waals surface area contributed by atoms with E-state index in [-0.39, 0.29) is 4.90 Å². The van der Waals surface area contributed by atoms with Gasteiger partial charge in [-0.2, -0.15) is 13.2 Å². The summed E-state index contributed by atoms with van der Waals surface area (Å²) in [6.07, 6.45) is -5.11. The fraction of sp³-hybridized carbons (Fsp3) is 0.273. The van der Waals surface area contributed by atoms with E-state index in [1.165, 1.54) is 0 Å². The van der Waals surface area contributed by atoms with E-state index < -0.39 is 41.9 Å². The lowest BCUT2D eigenvalue weighted by Gasteiger charge is -2.18. The number of carbonyl (C=O) groups excluding carboxylic acids is 2. The molecule has 0 saturated carbocycles. The van der Waals surface area contributed by atoms with Crippen LogP contribution < -0.4 is 5.32 Å². The Balaban J connectivity index is 2.69. The van der Waals surface area contributed by atoms with E-state index in [1.54, 1.807) is 0 Å². The summed E-state index contributed by atoms with van der Waals surface area (Å²) in [5.74, 6) is -5.09. The van der Waals surface area contributed by atoms with Gasteiger partial charge in [0.1, 0.15) is 11.6 Å². The number of nitrogens with zero attached hydrogens (tertiary/aromatic N) is 1. The van der Waals surface area contributed by atoms with Crippen LogP contribution in [-0.2, 0) is 9.59 Å². The van der Waals surface area contributed by atoms with Gasteiger partial charge in [0, 0.05) is 13.1 Å². The first-order valence-corrected chi connectivity index (χ1v) is 5.18. The van der Waals surface area contributed by atoms with Gasteiger partial charge in [0.2, 0.25) is 5.91 Å². The topological polar surface area (TPSA) is 49.4 Å². The molecule has 9 heteroatoms. The largest absolute Gasteiger partial charge is 0.471 e. The molecule has 110 valence electrons. The number of carbonyl (C=O) groups is 2. The van der Waals surface area contributed by atoms with E-state index >= 15 is 0 Å². The maximum absolute atomic E-state index is 13.2. The second-order valence-electron chi connectivity index (χ2n) is 3.83. The SMILES string of the molecule is CN(CC(=O)Nc1cc(F)ccc1F)C(=O)C(F)(F)F. The highest BCUT2D eigenvalue weighted by molar-refractivity contribution is 5.95. The van der Waals surface area contributed by atoms with Gasteiger partial charge in [0.15, 0.2) is 0 Å². The van der Waals surface area contributed by atoms with Crippen molar-refractivity contribution in [2.24, 2.45) is 0 Å². The number of likely N-dealkylation sites (N-methyl/N-ethyl adjacent to an activating group) is 1. The third-order valence-electron chi connectivity index (χ3n) is 2.17. The van der Waals surface area contributed by atoms with Crippen LogP contribution in [0.4, 0.5) is 27.6 Å². The first-order valence-electron chi connectivity index (χ1n) is 5.18. The summed E-state index contributed by atoms with van der Waals surface area (Å²) < 4.78 is 62.2. The zero-order valence-electron chi connectivity index (χ0n) is 10.1. The standard InChI is InChI=1S/C11H9F5N2O2/c1-18(10(20)11(14,15)16)5-9(19)17-8-4-6(12)2-3-7(8)13/h2-4H,5H2,1H3,(H,17,19). The summed E-state index contributed by atoms with van der Waals surface area (Å²) in [6.45, 7) is -0.950. The van der Waals surface area contributed by atoms with E-state index in [2.05, 4.69) is 0 Å². The maximum atomic E-state index is 13.2. The monoisotopic (exact) mass is 296 g/mol. The number of alkyl halides is 3. The van der Waals surface area contributed by atoms with Gasteiger partial charge >= 0.3 is 12.1 Å². The normalized spacial score (nSPS) is 11.1. The molecule has 0 aromatic heterocycles. The number of hydrogen-bond acceptors (Lipinski definition) is 2. The lowest BCUT2D eigenvalue weighted by atomic mass is 10.3. The van der Waals surface area contributed by atoms with E-state index in [4.69, 9.17) is 0 Å². The zero-order valence-corrected chi connectivity index (χ0v) is 10.1. The average Bonchev–Trinajstić information content (AvgIpc) is 2.31. The third-order valence-corrected chi connectivity index (χ3v) is 2.17. The van der Waals surface area contributed by atoms with Crippen molar-refractivity contribution in [1.82, 2.24) is 4.90 Å². The molecule has 0 atom stereocenters. The number of nitrogens with one attached hydrogen (secondary N) is 1. The van der Waals surface area contributed by atoms with Crippen molar-refractivity contribution in [2.45, 2.75) is 6.18 Å². The van der Waals surface area contributed by atoms with Crippen LogP contribution in [0, 0.1) is 11.6 Å². The minimum absolute atomic E-state index is 0.118. The number of rotatable bonds is 3. The molecule has 0 fully saturated rings. The van der Waals surface area contributed by atoms with Crippen molar-refractivity contribution in [3.8, 4) is 0 Å². The highest BCUT2D eigenvalue weighted by atomic mass is 19.4. The second-order valence-corrected chi connectivity index (χ2v) is 3.83. The summed E-state index contributed by atoms with van der Waals surface area (Å²) >= 11 is 0. The van der Waals surface area contributed by atoms with Crippen LogP contribution in [0.5, 0.6) is 0 Å². The van der Waals surface area contributed by atoms with Crippen LogP contribution in [0.3, 0.4) is 0 Å². The Morgan fingerprint density at radius 2 is 1.85 bits per heavy atom. The van der Waals surface area contributed by atoms with Gasteiger partial charge in [-0.15, -0.1) is 0 Å². The summed E-state index contributed by atoms with van der Waals surface area (Å²) in [4.78, 5) is 22.2. The Labute approximate surface area is 110 Å². The Morgan fingerprint density at radius 3 is 2.40 bits per heavy atom.